The van der Waals surface area contributed by atoms with Crippen molar-refractivity contribution in [3.8, 4) is 5.88 Å². The number of aromatic nitrogens is 2. The van der Waals surface area contributed by atoms with E-state index in [9.17, 15) is 9.50 Å². The van der Waals surface area contributed by atoms with Crippen LogP contribution in [0.15, 0.2) is 36.9 Å². The van der Waals surface area contributed by atoms with Crippen molar-refractivity contribution in [2.75, 3.05) is 13.2 Å². The highest BCUT2D eigenvalue weighted by Gasteiger charge is 2.23. The Kier molecular flexibility index (Phi) is 5.75. The number of nitrogens with one attached hydrogen (secondary N) is 1. The normalized spacial score (nSPS) is 13.5. The van der Waals surface area contributed by atoms with Gasteiger partial charge in [0.15, 0.2) is 0 Å². The topological polar surface area (TPSA) is 59.3 Å². The monoisotopic (exact) mass is 333 g/mol. The summed E-state index contributed by atoms with van der Waals surface area (Å²) in [5, 5.41) is 18.2. The van der Waals surface area contributed by atoms with Gasteiger partial charge in [-0.1, -0.05) is 24.8 Å². The van der Waals surface area contributed by atoms with E-state index in [1.807, 2.05) is 14.0 Å². The van der Waals surface area contributed by atoms with Crippen molar-refractivity contribution in [2.45, 2.75) is 26.0 Å². The van der Waals surface area contributed by atoms with Gasteiger partial charge < -0.3 is 15.2 Å². The second-order valence-electron chi connectivity index (χ2n) is 5.98. The van der Waals surface area contributed by atoms with Gasteiger partial charge in [-0.3, -0.25) is 0 Å². The van der Waals surface area contributed by atoms with Crippen LogP contribution in [-0.2, 0) is 19.2 Å². The van der Waals surface area contributed by atoms with E-state index in [1.165, 1.54) is 12.1 Å². The summed E-state index contributed by atoms with van der Waals surface area (Å²) in [6.07, 6.45) is 1.68. The van der Waals surface area contributed by atoms with Crippen LogP contribution in [0.1, 0.15) is 23.7 Å². The van der Waals surface area contributed by atoms with Crippen LogP contribution in [0.3, 0.4) is 0 Å². The molecule has 0 radical (unpaired) electrons. The number of benzene rings is 1. The first kappa shape index (κ1) is 18.2. The molecule has 2 N–H and O–H groups in total. The lowest BCUT2D eigenvalue weighted by Gasteiger charge is -2.24. The van der Waals surface area contributed by atoms with Gasteiger partial charge in [-0.25, -0.2) is 9.07 Å². The molecule has 0 fully saturated rings. The Morgan fingerprint density at radius 1 is 1.42 bits per heavy atom. The molecule has 0 bridgehead atoms. The van der Waals surface area contributed by atoms with E-state index in [0.717, 1.165) is 11.3 Å². The van der Waals surface area contributed by atoms with Crippen LogP contribution in [0.25, 0.3) is 0 Å². The molecule has 0 saturated heterocycles. The van der Waals surface area contributed by atoms with E-state index in [0.29, 0.717) is 31.1 Å². The predicted molar refractivity (Wildman–Crippen MR) is 91.3 cm³/mol. The van der Waals surface area contributed by atoms with Gasteiger partial charge in [0, 0.05) is 20.1 Å². The zero-order chi connectivity index (χ0) is 17.7. The lowest BCUT2D eigenvalue weighted by molar-refractivity contribution is 0.0565. The third-order valence-electron chi connectivity index (χ3n) is 3.86. The van der Waals surface area contributed by atoms with Crippen molar-refractivity contribution in [3.63, 3.8) is 0 Å². The van der Waals surface area contributed by atoms with Crippen molar-refractivity contribution in [1.82, 2.24) is 15.1 Å². The number of ether oxygens (including phenoxy) is 1. The maximum atomic E-state index is 13.0. The highest BCUT2D eigenvalue weighted by molar-refractivity contribution is 5.31. The molecule has 1 heterocycles. The molecule has 0 saturated carbocycles. The average molecular weight is 333 g/mol. The summed E-state index contributed by atoms with van der Waals surface area (Å²) < 4.78 is 20.4. The average Bonchev–Trinajstić information content (AvgIpc) is 2.79. The Hall–Kier alpha value is -2.18. The standard InChI is InChI=1S/C18H24FN3O2/c1-5-10-24-17-16(13(2)21-22(17)4)11-20-12-18(3,23)14-6-8-15(19)9-7-14/h5-9,20,23H,1,10-12H2,2-4H3. The van der Waals surface area contributed by atoms with E-state index < -0.39 is 5.60 Å². The van der Waals surface area contributed by atoms with Gasteiger partial charge in [0.05, 0.1) is 16.9 Å². The van der Waals surface area contributed by atoms with Gasteiger partial charge in [0.25, 0.3) is 0 Å². The number of halogens is 1. The number of aryl methyl sites for hydroxylation is 2. The smallest absolute Gasteiger partial charge is 0.216 e. The van der Waals surface area contributed by atoms with Crippen LogP contribution < -0.4 is 10.1 Å². The maximum Gasteiger partial charge on any atom is 0.216 e. The molecule has 6 heteroatoms. The lowest BCUT2D eigenvalue weighted by atomic mass is 9.96. The second-order valence-corrected chi connectivity index (χ2v) is 5.98. The molecule has 0 amide bonds. The van der Waals surface area contributed by atoms with E-state index in [4.69, 9.17) is 4.74 Å². The molecule has 0 spiro atoms. The van der Waals surface area contributed by atoms with Gasteiger partial charge in [-0.2, -0.15) is 5.10 Å². The summed E-state index contributed by atoms with van der Waals surface area (Å²) in [5.41, 5.74) is 1.36. The lowest BCUT2D eigenvalue weighted by Crippen LogP contribution is -2.35. The fourth-order valence-electron chi connectivity index (χ4n) is 2.54. The minimum absolute atomic E-state index is 0.313. The number of hydrogen-bond donors (Lipinski definition) is 2. The Labute approximate surface area is 141 Å². The first-order valence-corrected chi connectivity index (χ1v) is 7.80. The Bertz CT molecular complexity index is 693. The summed E-state index contributed by atoms with van der Waals surface area (Å²) in [7, 11) is 1.82. The molecule has 0 aliphatic rings. The molecule has 0 aliphatic carbocycles. The summed E-state index contributed by atoms with van der Waals surface area (Å²) >= 11 is 0. The van der Waals surface area contributed by atoms with Crippen molar-refractivity contribution >= 4 is 0 Å². The Balaban J connectivity index is 2.03. The van der Waals surface area contributed by atoms with E-state index in [2.05, 4.69) is 17.0 Å². The molecule has 24 heavy (non-hydrogen) atoms. The van der Waals surface area contributed by atoms with E-state index >= 15 is 0 Å². The SMILES string of the molecule is C=CCOc1c(CNCC(C)(O)c2ccc(F)cc2)c(C)nn1C. The summed E-state index contributed by atoms with van der Waals surface area (Å²) in [4.78, 5) is 0. The number of rotatable bonds is 8. The molecular formula is C18H24FN3O2. The largest absolute Gasteiger partial charge is 0.473 e. The second kappa shape index (κ2) is 7.59. The fraction of sp³-hybridized carbons (Fsp3) is 0.389. The van der Waals surface area contributed by atoms with Crippen LogP contribution in [0, 0.1) is 12.7 Å². The third-order valence-corrected chi connectivity index (χ3v) is 3.86. The molecule has 2 aromatic rings. The van der Waals surface area contributed by atoms with Crippen LogP contribution in [-0.4, -0.2) is 28.0 Å². The minimum atomic E-state index is -1.11. The zero-order valence-electron chi connectivity index (χ0n) is 14.3. The molecule has 1 atom stereocenters. The molecule has 0 aliphatic heterocycles. The highest BCUT2D eigenvalue weighted by Crippen LogP contribution is 2.23. The summed E-state index contributed by atoms with van der Waals surface area (Å²) in [5.74, 6) is 0.360. The number of nitrogens with zero attached hydrogens (tertiary/aromatic N) is 2. The van der Waals surface area contributed by atoms with Gasteiger partial charge in [-0.15, -0.1) is 0 Å². The minimum Gasteiger partial charge on any atom is -0.473 e. The molecule has 1 unspecified atom stereocenters. The number of aliphatic hydroxyl groups is 1. The first-order valence-electron chi connectivity index (χ1n) is 7.80. The van der Waals surface area contributed by atoms with Gasteiger partial charge >= 0.3 is 0 Å². The van der Waals surface area contributed by atoms with Gasteiger partial charge in [0.2, 0.25) is 5.88 Å². The summed E-state index contributed by atoms with van der Waals surface area (Å²) in [6, 6.07) is 5.86. The van der Waals surface area contributed by atoms with Crippen molar-refractivity contribution in [2.24, 2.45) is 7.05 Å². The fourth-order valence-corrected chi connectivity index (χ4v) is 2.54. The molecular weight excluding hydrogens is 309 g/mol. The Morgan fingerprint density at radius 3 is 2.71 bits per heavy atom. The van der Waals surface area contributed by atoms with E-state index in [1.54, 1.807) is 29.8 Å². The molecule has 1 aromatic carbocycles. The zero-order valence-corrected chi connectivity index (χ0v) is 14.3. The predicted octanol–water partition coefficient (Wildman–Crippen LogP) is 2.43. The highest BCUT2D eigenvalue weighted by atomic mass is 19.1. The first-order chi connectivity index (χ1) is 11.3. The molecule has 1 aromatic heterocycles. The quantitative estimate of drug-likeness (QED) is 0.729. The number of hydrogen-bond acceptors (Lipinski definition) is 4. The molecule has 130 valence electrons. The van der Waals surface area contributed by atoms with Gasteiger partial charge in [-0.05, 0) is 31.5 Å². The van der Waals surface area contributed by atoms with Crippen LogP contribution in [0.2, 0.25) is 0 Å². The van der Waals surface area contributed by atoms with Crippen molar-refractivity contribution < 1.29 is 14.2 Å². The maximum absolute atomic E-state index is 13.0. The Morgan fingerprint density at radius 2 is 2.08 bits per heavy atom. The van der Waals surface area contributed by atoms with Crippen LogP contribution in [0.4, 0.5) is 4.39 Å². The van der Waals surface area contributed by atoms with Crippen LogP contribution >= 0.6 is 0 Å². The molecule has 2 rings (SSSR count). The van der Waals surface area contributed by atoms with E-state index in [-0.39, 0.29) is 5.82 Å². The molecule has 5 nitrogen and oxygen atoms in total. The van der Waals surface area contributed by atoms with Gasteiger partial charge in [0.1, 0.15) is 12.4 Å². The summed E-state index contributed by atoms with van der Waals surface area (Å²) in [6.45, 7) is 8.47. The third kappa shape index (κ3) is 4.21. The van der Waals surface area contributed by atoms with Crippen LogP contribution in [0.5, 0.6) is 5.88 Å². The van der Waals surface area contributed by atoms with Crippen molar-refractivity contribution in [1.29, 1.82) is 0 Å². The van der Waals surface area contributed by atoms with Crippen molar-refractivity contribution in [3.05, 3.63) is 59.6 Å².